The van der Waals surface area contributed by atoms with Crippen LogP contribution in [-0.4, -0.2) is 5.91 Å². The van der Waals surface area contributed by atoms with Crippen LogP contribution in [0.1, 0.15) is 31.9 Å². The Hall–Kier alpha value is -3.42. The summed E-state index contributed by atoms with van der Waals surface area (Å²) in [6, 6.07) is 25.7. The first-order valence-corrected chi connectivity index (χ1v) is 9.84. The van der Waals surface area contributed by atoms with E-state index in [2.05, 4.69) is 48.6 Å². The monoisotopic (exact) mass is 382 g/mol. The molecular formula is C24H18N2OS. The molecule has 4 aromatic rings. The van der Waals surface area contributed by atoms with Gasteiger partial charge in [-0.3, -0.25) is 4.79 Å². The number of para-hydroxylation sites is 1. The quantitative estimate of drug-likeness (QED) is 0.476. The molecule has 136 valence electrons. The van der Waals surface area contributed by atoms with Crippen molar-refractivity contribution in [2.75, 3.05) is 5.32 Å². The second-order valence-electron chi connectivity index (χ2n) is 6.68. The van der Waals surface area contributed by atoms with E-state index in [-0.39, 0.29) is 5.91 Å². The molecule has 0 spiro atoms. The maximum atomic E-state index is 13.1. The minimum Gasteiger partial charge on any atom is -0.320 e. The van der Waals surface area contributed by atoms with Gasteiger partial charge in [-0.05, 0) is 48.1 Å². The van der Waals surface area contributed by atoms with Crippen molar-refractivity contribution in [3.8, 4) is 6.07 Å². The molecule has 1 amide bonds. The molecule has 28 heavy (non-hydrogen) atoms. The number of benzene rings is 3. The normalized spacial score (nSPS) is 10.6. The molecule has 3 nitrogen and oxygen atoms in total. The fourth-order valence-corrected chi connectivity index (χ4v) is 4.35. The smallest absolute Gasteiger partial charge is 0.266 e. The molecule has 4 rings (SSSR count). The Bertz CT molecular complexity index is 1200. The minimum absolute atomic E-state index is 0.175. The van der Waals surface area contributed by atoms with Crippen LogP contribution in [0.15, 0.2) is 72.8 Å². The van der Waals surface area contributed by atoms with E-state index in [1.807, 2.05) is 24.3 Å². The van der Waals surface area contributed by atoms with Crippen LogP contribution in [0.5, 0.6) is 0 Å². The van der Waals surface area contributed by atoms with Crippen LogP contribution in [0.4, 0.5) is 5.69 Å². The molecular weight excluding hydrogens is 364 g/mol. The zero-order valence-corrected chi connectivity index (χ0v) is 16.2. The van der Waals surface area contributed by atoms with Crippen molar-refractivity contribution in [1.82, 2.24) is 0 Å². The summed E-state index contributed by atoms with van der Waals surface area (Å²) < 4.78 is 1.09. The molecule has 0 unspecified atom stereocenters. The SMILES string of the molecule is Cc1ccc(Cc2c(C(=O)Nc3ccccc3C#N)sc3ccccc23)cc1. The van der Waals surface area contributed by atoms with E-state index < -0.39 is 0 Å². The van der Waals surface area contributed by atoms with E-state index in [0.717, 1.165) is 15.6 Å². The van der Waals surface area contributed by atoms with Crippen molar-refractivity contribution in [3.63, 3.8) is 0 Å². The van der Waals surface area contributed by atoms with Crippen molar-refractivity contribution in [2.45, 2.75) is 13.3 Å². The van der Waals surface area contributed by atoms with Crippen LogP contribution < -0.4 is 5.32 Å². The molecule has 1 heterocycles. The Morgan fingerprint density at radius 1 is 1.00 bits per heavy atom. The number of anilines is 1. The lowest BCUT2D eigenvalue weighted by molar-refractivity contribution is 0.103. The average molecular weight is 382 g/mol. The van der Waals surface area contributed by atoms with Crippen molar-refractivity contribution in [2.24, 2.45) is 0 Å². The van der Waals surface area contributed by atoms with Gasteiger partial charge in [0.25, 0.3) is 5.91 Å². The van der Waals surface area contributed by atoms with E-state index >= 15 is 0 Å². The summed E-state index contributed by atoms with van der Waals surface area (Å²) in [4.78, 5) is 13.8. The van der Waals surface area contributed by atoms with Gasteiger partial charge in [-0.15, -0.1) is 11.3 Å². The van der Waals surface area contributed by atoms with E-state index in [4.69, 9.17) is 0 Å². The minimum atomic E-state index is -0.175. The largest absolute Gasteiger partial charge is 0.320 e. The van der Waals surface area contributed by atoms with Crippen LogP contribution in [-0.2, 0) is 6.42 Å². The first kappa shape index (κ1) is 18.0. The Kier molecular flexibility index (Phi) is 4.92. The van der Waals surface area contributed by atoms with Crippen LogP contribution in [0.2, 0.25) is 0 Å². The number of nitrogens with zero attached hydrogens (tertiary/aromatic N) is 1. The first-order valence-electron chi connectivity index (χ1n) is 9.02. The number of rotatable bonds is 4. The van der Waals surface area contributed by atoms with Gasteiger partial charge in [0, 0.05) is 4.70 Å². The molecule has 1 N–H and O–H groups in total. The zero-order valence-electron chi connectivity index (χ0n) is 15.4. The lowest BCUT2D eigenvalue weighted by Gasteiger charge is -2.08. The molecule has 0 aliphatic heterocycles. The molecule has 4 heteroatoms. The van der Waals surface area contributed by atoms with Gasteiger partial charge in [0.05, 0.1) is 16.1 Å². The topological polar surface area (TPSA) is 52.9 Å². The van der Waals surface area contributed by atoms with Crippen LogP contribution in [0.25, 0.3) is 10.1 Å². The van der Waals surface area contributed by atoms with Gasteiger partial charge in [-0.25, -0.2) is 0 Å². The van der Waals surface area contributed by atoms with Gasteiger partial charge < -0.3 is 5.32 Å². The molecule has 0 atom stereocenters. The Balaban J connectivity index is 1.74. The first-order chi connectivity index (χ1) is 13.7. The number of nitrogens with one attached hydrogen (secondary N) is 1. The summed E-state index contributed by atoms with van der Waals surface area (Å²) in [7, 11) is 0. The van der Waals surface area contributed by atoms with Crippen molar-refractivity contribution < 1.29 is 4.79 Å². The summed E-state index contributed by atoms with van der Waals surface area (Å²) in [5.41, 5.74) is 4.40. The third-order valence-electron chi connectivity index (χ3n) is 4.70. The van der Waals surface area contributed by atoms with Gasteiger partial charge in [0.2, 0.25) is 0 Å². The summed E-state index contributed by atoms with van der Waals surface area (Å²) in [6.45, 7) is 2.06. The Morgan fingerprint density at radius 2 is 1.71 bits per heavy atom. The third kappa shape index (κ3) is 3.53. The molecule has 0 aliphatic carbocycles. The number of thiophene rings is 1. The molecule has 0 bridgehead atoms. The summed E-state index contributed by atoms with van der Waals surface area (Å²) >= 11 is 1.49. The van der Waals surface area contributed by atoms with Gasteiger partial charge in [-0.1, -0.05) is 60.2 Å². The molecule has 0 saturated carbocycles. The lowest BCUT2D eigenvalue weighted by Crippen LogP contribution is -2.13. The van der Waals surface area contributed by atoms with Crippen molar-refractivity contribution >= 4 is 33.0 Å². The fourth-order valence-electron chi connectivity index (χ4n) is 3.24. The van der Waals surface area contributed by atoms with Gasteiger partial charge in [0.1, 0.15) is 6.07 Å². The zero-order chi connectivity index (χ0) is 19.5. The summed E-state index contributed by atoms with van der Waals surface area (Å²) in [5, 5.41) is 13.3. The maximum absolute atomic E-state index is 13.1. The number of carbonyl (C=O) groups is 1. The Labute approximate surface area is 167 Å². The highest BCUT2D eigenvalue weighted by Crippen LogP contribution is 2.33. The van der Waals surface area contributed by atoms with E-state index in [9.17, 15) is 10.1 Å². The standard InChI is InChI=1S/C24H18N2OS/c1-16-10-12-17(13-11-16)14-20-19-7-3-5-9-22(19)28-23(20)24(27)26-21-8-4-2-6-18(21)15-25/h2-13H,14H2,1H3,(H,26,27). The van der Waals surface area contributed by atoms with E-state index in [1.165, 1.54) is 22.5 Å². The number of carbonyl (C=O) groups excluding carboxylic acids is 1. The number of fused-ring (bicyclic) bond motifs is 1. The van der Waals surface area contributed by atoms with Gasteiger partial charge >= 0.3 is 0 Å². The number of hydrogen-bond donors (Lipinski definition) is 1. The fraction of sp³-hybridized carbons (Fsp3) is 0.0833. The number of nitriles is 1. The summed E-state index contributed by atoms with van der Waals surface area (Å²) in [6.07, 6.45) is 0.687. The van der Waals surface area contributed by atoms with Crippen LogP contribution in [0, 0.1) is 18.3 Å². The van der Waals surface area contributed by atoms with Crippen LogP contribution in [0.3, 0.4) is 0 Å². The van der Waals surface area contributed by atoms with Crippen molar-refractivity contribution in [1.29, 1.82) is 5.26 Å². The number of amides is 1. The predicted octanol–water partition coefficient (Wildman–Crippen LogP) is 5.92. The number of hydrogen-bond acceptors (Lipinski definition) is 3. The highest BCUT2D eigenvalue weighted by molar-refractivity contribution is 7.21. The predicted molar refractivity (Wildman–Crippen MR) is 115 cm³/mol. The Morgan fingerprint density at radius 3 is 2.50 bits per heavy atom. The van der Waals surface area contributed by atoms with Gasteiger partial charge in [-0.2, -0.15) is 5.26 Å². The maximum Gasteiger partial charge on any atom is 0.266 e. The van der Waals surface area contributed by atoms with Crippen LogP contribution >= 0.6 is 11.3 Å². The molecule has 0 fully saturated rings. The molecule has 0 radical (unpaired) electrons. The molecule has 1 aromatic heterocycles. The second kappa shape index (κ2) is 7.67. The number of aryl methyl sites for hydroxylation is 1. The summed E-state index contributed by atoms with van der Waals surface area (Å²) in [5.74, 6) is -0.175. The molecule has 0 saturated heterocycles. The van der Waals surface area contributed by atoms with Gasteiger partial charge in [0.15, 0.2) is 0 Å². The highest BCUT2D eigenvalue weighted by Gasteiger charge is 2.19. The third-order valence-corrected chi connectivity index (χ3v) is 5.91. The van der Waals surface area contributed by atoms with Crippen molar-refractivity contribution in [3.05, 3.63) is 99.9 Å². The van der Waals surface area contributed by atoms with E-state index in [0.29, 0.717) is 22.5 Å². The molecule has 3 aromatic carbocycles. The van der Waals surface area contributed by atoms with E-state index in [1.54, 1.807) is 18.2 Å². The lowest BCUT2D eigenvalue weighted by atomic mass is 10.0. The second-order valence-corrected chi connectivity index (χ2v) is 7.73. The average Bonchev–Trinajstić information content (AvgIpc) is 3.09. The molecule has 0 aliphatic rings. The highest BCUT2D eigenvalue weighted by atomic mass is 32.1.